The highest BCUT2D eigenvalue weighted by Crippen LogP contribution is 2.34. The Morgan fingerprint density at radius 1 is 0.732 bits per heavy atom. The lowest BCUT2D eigenvalue weighted by atomic mass is 10.1. The Balaban J connectivity index is 1.50. The van der Waals surface area contributed by atoms with E-state index >= 15 is 0 Å². The van der Waals surface area contributed by atoms with Gasteiger partial charge in [0.25, 0.3) is 5.56 Å². The van der Waals surface area contributed by atoms with Crippen molar-refractivity contribution in [3.05, 3.63) is 135 Å². The van der Waals surface area contributed by atoms with Gasteiger partial charge in [0.2, 0.25) is 0 Å². The molecule has 0 saturated carbocycles. The molecule has 2 heterocycles. The number of aromatic amines is 1. The van der Waals surface area contributed by atoms with E-state index in [0.29, 0.717) is 0 Å². The fraction of sp³-hybridized carbons (Fsp3) is 0.172. The number of ether oxygens (including phenoxy) is 4. The predicted octanol–water partition coefficient (Wildman–Crippen LogP) is 2.14. The Kier molecular flexibility index (Phi) is 8.11. The highest BCUT2D eigenvalue weighted by atomic mass is 16.7. The van der Waals surface area contributed by atoms with Gasteiger partial charge < -0.3 is 18.9 Å². The van der Waals surface area contributed by atoms with Crippen LogP contribution in [0.4, 0.5) is 0 Å². The molecule has 3 aromatic carbocycles. The summed E-state index contributed by atoms with van der Waals surface area (Å²) >= 11 is 0. The standard InChI is InChI=1S/C29H23N3O9/c33-22-16-30-32(29(37)31-22)25-24(41-28(36)20-14-8-3-9-15-20)23(40-27(35)19-12-6-2-7-13-19)21(39-25)17-38-26(34)18-10-4-1-5-11-18/h1-16,21,23-25H,17H2,(H,31,33,37)/t21-,23+,24-,25+/m0/s1. The summed E-state index contributed by atoms with van der Waals surface area (Å²) in [6.45, 7) is -0.436. The molecule has 1 aliphatic rings. The predicted molar refractivity (Wildman–Crippen MR) is 141 cm³/mol. The third-order valence-corrected chi connectivity index (χ3v) is 6.16. The van der Waals surface area contributed by atoms with Crippen LogP contribution in [0.15, 0.2) is 107 Å². The van der Waals surface area contributed by atoms with Crippen LogP contribution in [0.3, 0.4) is 0 Å². The highest BCUT2D eigenvalue weighted by molar-refractivity contribution is 5.91. The summed E-state index contributed by atoms with van der Waals surface area (Å²) in [4.78, 5) is 65.3. The van der Waals surface area contributed by atoms with Crippen LogP contribution in [0, 0.1) is 0 Å². The molecule has 0 aliphatic carbocycles. The van der Waals surface area contributed by atoms with Gasteiger partial charge in [-0.15, -0.1) is 0 Å². The van der Waals surface area contributed by atoms with Crippen molar-refractivity contribution < 1.29 is 33.3 Å². The normalized spacial score (nSPS) is 19.7. The van der Waals surface area contributed by atoms with Crippen LogP contribution in [0.25, 0.3) is 0 Å². The van der Waals surface area contributed by atoms with Gasteiger partial charge in [-0.2, -0.15) is 9.78 Å². The number of hydrogen-bond donors (Lipinski definition) is 1. The molecule has 12 heteroatoms. The Bertz CT molecular complexity index is 1640. The van der Waals surface area contributed by atoms with Crippen LogP contribution in [0.5, 0.6) is 0 Å². The molecule has 0 spiro atoms. The van der Waals surface area contributed by atoms with Crippen molar-refractivity contribution in [3.63, 3.8) is 0 Å². The molecule has 41 heavy (non-hydrogen) atoms. The SMILES string of the molecule is O=C(OC[C@@H]1O[C@@H](n2ncc(=O)[nH]c2=O)[C@@H](OC(=O)c2ccccc2)[C@@H]1OC(=O)c1ccccc1)c1ccccc1. The quantitative estimate of drug-likeness (QED) is 0.252. The average molecular weight is 558 g/mol. The number of aromatic nitrogens is 3. The first-order valence-electron chi connectivity index (χ1n) is 12.5. The van der Waals surface area contributed by atoms with Crippen LogP contribution in [0.1, 0.15) is 37.3 Å². The van der Waals surface area contributed by atoms with E-state index in [0.717, 1.165) is 10.9 Å². The largest absolute Gasteiger partial charge is 0.459 e. The van der Waals surface area contributed by atoms with Crippen molar-refractivity contribution in [1.82, 2.24) is 14.8 Å². The van der Waals surface area contributed by atoms with Gasteiger partial charge in [-0.05, 0) is 36.4 Å². The van der Waals surface area contributed by atoms with E-state index < -0.39 is 60.3 Å². The molecule has 1 saturated heterocycles. The van der Waals surface area contributed by atoms with Gasteiger partial charge in [0.15, 0.2) is 18.4 Å². The number of hydrogen-bond acceptors (Lipinski definition) is 10. The number of nitrogens with one attached hydrogen (secondary N) is 1. The van der Waals surface area contributed by atoms with Crippen LogP contribution in [0.2, 0.25) is 0 Å². The molecule has 4 atom stereocenters. The molecule has 208 valence electrons. The topological polar surface area (TPSA) is 156 Å². The van der Waals surface area contributed by atoms with Crippen molar-refractivity contribution in [3.8, 4) is 0 Å². The molecule has 1 aliphatic heterocycles. The maximum atomic E-state index is 13.1. The van der Waals surface area contributed by atoms with E-state index in [1.807, 2.05) is 0 Å². The van der Waals surface area contributed by atoms with Gasteiger partial charge in [0.05, 0.1) is 16.7 Å². The number of H-pyrrole nitrogens is 1. The van der Waals surface area contributed by atoms with E-state index in [-0.39, 0.29) is 16.7 Å². The van der Waals surface area contributed by atoms with E-state index in [9.17, 15) is 24.0 Å². The number of benzene rings is 3. The first-order chi connectivity index (χ1) is 19.9. The molecular weight excluding hydrogens is 534 g/mol. The number of carbonyl (C=O) groups is 3. The number of carbonyl (C=O) groups excluding carboxylic acids is 3. The number of rotatable bonds is 8. The fourth-order valence-corrected chi connectivity index (χ4v) is 4.20. The summed E-state index contributed by atoms with van der Waals surface area (Å²) in [5, 5.41) is 3.83. The van der Waals surface area contributed by atoms with Gasteiger partial charge in [0.1, 0.15) is 18.9 Å². The van der Waals surface area contributed by atoms with Gasteiger partial charge >= 0.3 is 23.6 Å². The van der Waals surface area contributed by atoms with Crippen LogP contribution >= 0.6 is 0 Å². The smallest absolute Gasteiger partial charge is 0.347 e. The third-order valence-electron chi connectivity index (χ3n) is 6.16. The summed E-state index contributed by atoms with van der Waals surface area (Å²) in [6.07, 6.45) is -4.61. The lowest BCUT2D eigenvalue weighted by Crippen LogP contribution is -2.43. The van der Waals surface area contributed by atoms with Crippen LogP contribution < -0.4 is 11.2 Å². The fourth-order valence-electron chi connectivity index (χ4n) is 4.20. The lowest BCUT2D eigenvalue weighted by Gasteiger charge is -2.24. The second kappa shape index (κ2) is 12.2. The molecule has 0 bridgehead atoms. The molecule has 0 amide bonds. The monoisotopic (exact) mass is 557 g/mol. The zero-order valence-electron chi connectivity index (χ0n) is 21.3. The Morgan fingerprint density at radius 2 is 1.22 bits per heavy atom. The average Bonchev–Trinajstić information content (AvgIpc) is 3.33. The van der Waals surface area contributed by atoms with Gasteiger partial charge in [-0.3, -0.25) is 9.78 Å². The minimum atomic E-state index is -1.46. The zero-order chi connectivity index (χ0) is 28.8. The van der Waals surface area contributed by atoms with E-state index in [4.69, 9.17) is 18.9 Å². The van der Waals surface area contributed by atoms with Crippen molar-refractivity contribution in [1.29, 1.82) is 0 Å². The first-order valence-corrected chi connectivity index (χ1v) is 12.5. The van der Waals surface area contributed by atoms with Crippen LogP contribution in [-0.2, 0) is 18.9 Å². The summed E-state index contributed by atoms with van der Waals surface area (Å²) in [5.74, 6) is -2.26. The second-order valence-electron chi connectivity index (χ2n) is 8.89. The van der Waals surface area contributed by atoms with Crippen LogP contribution in [-0.4, -0.2) is 57.6 Å². The lowest BCUT2D eigenvalue weighted by molar-refractivity contribution is -0.0699. The summed E-state index contributed by atoms with van der Waals surface area (Å²) < 4.78 is 23.7. The third kappa shape index (κ3) is 6.28. The molecule has 0 radical (unpaired) electrons. The Morgan fingerprint density at radius 3 is 1.73 bits per heavy atom. The molecule has 0 unspecified atom stereocenters. The van der Waals surface area contributed by atoms with Gasteiger partial charge in [-0.25, -0.2) is 19.2 Å². The molecule has 4 aromatic rings. The minimum Gasteiger partial charge on any atom is -0.459 e. The maximum absolute atomic E-state index is 13.1. The van der Waals surface area contributed by atoms with E-state index in [2.05, 4.69) is 10.1 Å². The van der Waals surface area contributed by atoms with Gasteiger partial charge in [-0.1, -0.05) is 54.6 Å². The molecule has 1 N–H and O–H groups in total. The Labute approximate surface area is 232 Å². The highest BCUT2D eigenvalue weighted by Gasteiger charge is 2.52. The van der Waals surface area contributed by atoms with Crippen molar-refractivity contribution in [2.45, 2.75) is 24.5 Å². The summed E-state index contributed by atoms with van der Waals surface area (Å²) in [5.41, 5.74) is -1.07. The molecular formula is C29H23N3O9. The van der Waals surface area contributed by atoms with E-state index in [1.54, 1.807) is 66.7 Å². The van der Waals surface area contributed by atoms with Crippen molar-refractivity contribution in [2.75, 3.05) is 6.61 Å². The molecule has 12 nitrogen and oxygen atoms in total. The Hall–Kier alpha value is -5.36. The first kappa shape index (κ1) is 27.2. The summed E-state index contributed by atoms with van der Waals surface area (Å²) in [7, 11) is 0. The second-order valence-corrected chi connectivity index (χ2v) is 8.89. The van der Waals surface area contributed by atoms with E-state index in [1.165, 1.54) is 24.3 Å². The van der Waals surface area contributed by atoms with Crippen molar-refractivity contribution >= 4 is 17.9 Å². The minimum absolute atomic E-state index is 0.181. The molecule has 1 aromatic heterocycles. The number of esters is 3. The molecule has 1 fully saturated rings. The summed E-state index contributed by atoms with van der Waals surface area (Å²) in [6, 6.07) is 24.2. The van der Waals surface area contributed by atoms with Gasteiger partial charge in [0, 0.05) is 0 Å². The van der Waals surface area contributed by atoms with Crippen molar-refractivity contribution in [2.24, 2.45) is 0 Å². The number of nitrogens with zero attached hydrogens (tertiary/aromatic N) is 2. The maximum Gasteiger partial charge on any atom is 0.347 e. The molecule has 5 rings (SSSR count). The zero-order valence-corrected chi connectivity index (χ0v) is 21.3.